The maximum atomic E-state index is 13.1. The summed E-state index contributed by atoms with van der Waals surface area (Å²) in [5, 5.41) is 2.87. The number of hydrogen-bond donors (Lipinski definition) is 1. The van der Waals surface area contributed by atoms with E-state index >= 15 is 0 Å². The van der Waals surface area contributed by atoms with Crippen molar-refractivity contribution < 1.29 is 18.0 Å². The molecule has 30 heavy (non-hydrogen) atoms. The molecule has 0 spiro atoms. The van der Waals surface area contributed by atoms with Crippen LogP contribution in [-0.4, -0.2) is 91.1 Å². The van der Waals surface area contributed by atoms with Crippen LogP contribution < -0.4 is 5.32 Å². The molecule has 0 saturated carbocycles. The van der Waals surface area contributed by atoms with Gasteiger partial charge in [0.2, 0.25) is 5.91 Å². The van der Waals surface area contributed by atoms with Gasteiger partial charge in [-0.15, -0.1) is 0 Å². The van der Waals surface area contributed by atoms with Crippen molar-refractivity contribution in [2.24, 2.45) is 0 Å². The van der Waals surface area contributed by atoms with Gasteiger partial charge < -0.3 is 10.2 Å². The minimum atomic E-state index is -3.44. The first-order valence-electron chi connectivity index (χ1n) is 10.3. The molecule has 2 fully saturated rings. The quantitative estimate of drug-likeness (QED) is 0.634. The number of carbonyl (C=O) groups is 2. The lowest BCUT2D eigenvalue weighted by atomic mass is 10.1. The predicted molar refractivity (Wildman–Crippen MR) is 119 cm³/mol. The first kappa shape index (κ1) is 23.1. The van der Waals surface area contributed by atoms with Gasteiger partial charge in [-0.3, -0.25) is 9.59 Å². The number of benzene rings is 1. The summed E-state index contributed by atoms with van der Waals surface area (Å²) in [5.74, 6) is 0.325. The highest BCUT2D eigenvalue weighted by atomic mass is 32.2. The highest BCUT2D eigenvalue weighted by molar-refractivity contribution is 7.98. The van der Waals surface area contributed by atoms with E-state index in [9.17, 15) is 18.0 Å². The van der Waals surface area contributed by atoms with Gasteiger partial charge in [0.15, 0.2) is 0 Å². The third-order valence-corrected chi connectivity index (χ3v) is 8.20. The zero-order chi connectivity index (χ0) is 21.6. The summed E-state index contributed by atoms with van der Waals surface area (Å²) in [4.78, 5) is 27.3. The molecule has 0 radical (unpaired) electrons. The summed E-state index contributed by atoms with van der Waals surface area (Å²) in [7, 11) is -3.44. The van der Waals surface area contributed by atoms with Crippen molar-refractivity contribution in [3.63, 3.8) is 0 Å². The molecule has 0 unspecified atom stereocenters. The van der Waals surface area contributed by atoms with Crippen LogP contribution in [-0.2, 0) is 15.0 Å². The summed E-state index contributed by atoms with van der Waals surface area (Å²) in [5.41, 5.74) is 0.515. The van der Waals surface area contributed by atoms with Crippen molar-refractivity contribution >= 4 is 33.8 Å². The number of thioether (sulfide) groups is 1. The third kappa shape index (κ3) is 5.54. The minimum absolute atomic E-state index is 0.147. The van der Waals surface area contributed by atoms with Crippen LogP contribution in [0.15, 0.2) is 30.3 Å². The van der Waals surface area contributed by atoms with Gasteiger partial charge in [-0.1, -0.05) is 18.2 Å². The minimum Gasteiger partial charge on any atom is -0.340 e. The van der Waals surface area contributed by atoms with E-state index in [1.54, 1.807) is 40.9 Å². The van der Waals surface area contributed by atoms with Crippen LogP contribution in [0.1, 0.15) is 29.6 Å². The van der Waals surface area contributed by atoms with Gasteiger partial charge in [0.1, 0.15) is 6.04 Å². The molecule has 8 nitrogen and oxygen atoms in total. The molecule has 1 N–H and O–H groups in total. The fourth-order valence-corrected chi connectivity index (χ4v) is 5.91. The summed E-state index contributed by atoms with van der Waals surface area (Å²) in [6.45, 7) is 2.39. The lowest BCUT2D eigenvalue weighted by molar-refractivity contribution is -0.134. The van der Waals surface area contributed by atoms with Crippen LogP contribution in [0.2, 0.25) is 0 Å². The first-order valence-corrected chi connectivity index (χ1v) is 13.1. The molecule has 166 valence electrons. The Kier molecular flexibility index (Phi) is 8.15. The van der Waals surface area contributed by atoms with E-state index in [4.69, 9.17) is 0 Å². The van der Waals surface area contributed by atoms with Crippen LogP contribution in [0.3, 0.4) is 0 Å². The Labute approximate surface area is 183 Å². The van der Waals surface area contributed by atoms with Crippen molar-refractivity contribution in [3.05, 3.63) is 35.9 Å². The van der Waals surface area contributed by atoms with Crippen LogP contribution in [0.4, 0.5) is 0 Å². The zero-order valence-corrected chi connectivity index (χ0v) is 19.0. The maximum absolute atomic E-state index is 13.1. The summed E-state index contributed by atoms with van der Waals surface area (Å²) in [6, 6.07) is 8.22. The molecular weight excluding hydrogens is 424 g/mol. The average Bonchev–Trinajstić information content (AvgIpc) is 3.32. The van der Waals surface area contributed by atoms with E-state index in [1.807, 2.05) is 12.3 Å². The number of amides is 2. The Balaban J connectivity index is 1.60. The Morgan fingerprint density at radius 3 is 2.20 bits per heavy atom. The summed E-state index contributed by atoms with van der Waals surface area (Å²) in [6.07, 6.45) is 4.29. The predicted octanol–water partition coefficient (Wildman–Crippen LogP) is 1.02. The van der Waals surface area contributed by atoms with Crippen molar-refractivity contribution in [2.45, 2.75) is 25.3 Å². The molecule has 1 atom stereocenters. The summed E-state index contributed by atoms with van der Waals surface area (Å²) < 4.78 is 28.5. The van der Waals surface area contributed by atoms with E-state index in [2.05, 4.69) is 5.32 Å². The molecule has 2 aliphatic heterocycles. The smallest absolute Gasteiger partial charge is 0.282 e. The third-order valence-electron chi connectivity index (χ3n) is 5.52. The molecule has 0 aliphatic carbocycles. The van der Waals surface area contributed by atoms with Gasteiger partial charge in [-0.25, -0.2) is 0 Å². The molecular formula is C20H30N4O4S2. The molecule has 2 amide bonds. The van der Waals surface area contributed by atoms with Gasteiger partial charge in [0.05, 0.1) is 0 Å². The van der Waals surface area contributed by atoms with Gasteiger partial charge in [-0.05, 0) is 43.4 Å². The SMILES string of the molecule is CSCC[C@H](NC(=O)c1ccccc1)C(=O)N1CCN(S(=O)(=O)N2CCCC2)CC1. The van der Waals surface area contributed by atoms with Gasteiger partial charge >= 0.3 is 0 Å². The second-order valence-electron chi connectivity index (χ2n) is 7.51. The van der Waals surface area contributed by atoms with E-state index in [-0.39, 0.29) is 24.9 Å². The molecule has 2 saturated heterocycles. The highest BCUT2D eigenvalue weighted by Crippen LogP contribution is 2.18. The van der Waals surface area contributed by atoms with E-state index in [0.29, 0.717) is 38.2 Å². The van der Waals surface area contributed by atoms with Crippen LogP contribution in [0.5, 0.6) is 0 Å². The number of piperazine rings is 1. The lowest BCUT2D eigenvalue weighted by Crippen LogP contribution is -2.57. The first-order chi connectivity index (χ1) is 14.4. The molecule has 0 aromatic heterocycles. The molecule has 2 aliphatic rings. The van der Waals surface area contributed by atoms with Gasteiger partial charge in [-0.2, -0.15) is 28.8 Å². The van der Waals surface area contributed by atoms with E-state index in [0.717, 1.165) is 18.6 Å². The second kappa shape index (κ2) is 10.6. The topological polar surface area (TPSA) is 90.0 Å². The maximum Gasteiger partial charge on any atom is 0.282 e. The Morgan fingerprint density at radius 2 is 1.60 bits per heavy atom. The largest absolute Gasteiger partial charge is 0.340 e. The van der Waals surface area contributed by atoms with Crippen LogP contribution in [0, 0.1) is 0 Å². The van der Waals surface area contributed by atoms with Gasteiger partial charge in [0, 0.05) is 44.8 Å². The standard InChI is InChI=1S/C20H30N4O4S2/c1-29-16-9-18(21-19(25)17-7-3-2-4-8-17)20(26)22-12-14-24(15-13-22)30(27,28)23-10-5-6-11-23/h2-4,7-8,18H,5-6,9-16H2,1H3,(H,21,25)/t18-/m0/s1. The molecule has 1 aromatic carbocycles. The average molecular weight is 455 g/mol. The monoisotopic (exact) mass is 454 g/mol. The van der Waals surface area contributed by atoms with Crippen molar-refractivity contribution in [3.8, 4) is 0 Å². The molecule has 3 rings (SSSR count). The highest BCUT2D eigenvalue weighted by Gasteiger charge is 2.36. The molecule has 0 bridgehead atoms. The van der Waals surface area contributed by atoms with Crippen molar-refractivity contribution in [1.82, 2.24) is 18.8 Å². The number of hydrogen-bond acceptors (Lipinski definition) is 5. The Morgan fingerprint density at radius 1 is 1.00 bits per heavy atom. The van der Waals surface area contributed by atoms with Gasteiger partial charge in [0.25, 0.3) is 16.1 Å². The number of nitrogens with zero attached hydrogens (tertiary/aromatic N) is 3. The normalized spacial score (nSPS) is 19.6. The molecule has 10 heteroatoms. The fraction of sp³-hybridized carbons (Fsp3) is 0.600. The molecule has 2 heterocycles. The Hall–Kier alpha value is -1.62. The molecule has 1 aromatic rings. The summed E-state index contributed by atoms with van der Waals surface area (Å²) >= 11 is 1.62. The lowest BCUT2D eigenvalue weighted by Gasteiger charge is -2.37. The number of carbonyl (C=O) groups excluding carboxylic acids is 2. The van der Waals surface area contributed by atoms with E-state index < -0.39 is 16.3 Å². The number of rotatable bonds is 8. The van der Waals surface area contributed by atoms with E-state index in [1.165, 1.54) is 8.61 Å². The Bertz CT molecular complexity index is 820. The van der Waals surface area contributed by atoms with Crippen molar-refractivity contribution in [2.75, 3.05) is 51.3 Å². The van der Waals surface area contributed by atoms with Crippen LogP contribution in [0.25, 0.3) is 0 Å². The zero-order valence-electron chi connectivity index (χ0n) is 17.3. The van der Waals surface area contributed by atoms with Crippen LogP contribution >= 0.6 is 11.8 Å². The second-order valence-corrected chi connectivity index (χ2v) is 10.4. The number of nitrogens with one attached hydrogen (secondary N) is 1. The fourth-order valence-electron chi connectivity index (χ4n) is 3.77. The van der Waals surface area contributed by atoms with Crippen molar-refractivity contribution in [1.29, 1.82) is 0 Å².